The molecule has 0 aromatic heterocycles. The summed E-state index contributed by atoms with van der Waals surface area (Å²) >= 11 is 0. The lowest BCUT2D eigenvalue weighted by Gasteiger charge is -2.16. The number of aliphatic hydroxyl groups is 1. The zero-order chi connectivity index (χ0) is 10.6. The molecule has 9 heteroatoms. The van der Waals surface area contributed by atoms with Crippen molar-refractivity contribution < 1.29 is 34.0 Å². The molecule has 13 heavy (non-hydrogen) atoms. The highest BCUT2D eigenvalue weighted by Crippen LogP contribution is 2.34. The first-order valence-electron chi connectivity index (χ1n) is 3.14. The quantitative estimate of drug-likeness (QED) is 0.274. The first-order chi connectivity index (χ1) is 5.74. The SMILES string of the molecule is C[C@@H](O)[C@H](NOP(=O)(O)O)C(=O)O. The number of carboxylic acid groups (broad SMARTS) is 1. The molecule has 0 aliphatic rings. The van der Waals surface area contributed by atoms with E-state index in [1.54, 1.807) is 5.48 Å². The average Bonchev–Trinajstić information content (AvgIpc) is 1.82. The van der Waals surface area contributed by atoms with Gasteiger partial charge in [0.25, 0.3) is 0 Å². The summed E-state index contributed by atoms with van der Waals surface area (Å²) in [6.45, 7) is 1.13. The normalized spacial score (nSPS) is 16.6. The Labute approximate surface area is 73.3 Å². The predicted octanol–water partition coefficient (Wildman–Crippen LogP) is -1.57. The fraction of sp³-hybridized carbons (Fsp3) is 0.750. The second-order valence-electron chi connectivity index (χ2n) is 2.26. The summed E-state index contributed by atoms with van der Waals surface area (Å²) in [5.74, 6) is -1.48. The Morgan fingerprint density at radius 3 is 2.23 bits per heavy atom. The van der Waals surface area contributed by atoms with E-state index in [1.165, 1.54) is 0 Å². The summed E-state index contributed by atoms with van der Waals surface area (Å²) in [5.41, 5.74) is 1.55. The Kier molecular flexibility index (Phi) is 4.48. The highest BCUT2D eigenvalue weighted by atomic mass is 31.2. The van der Waals surface area contributed by atoms with E-state index >= 15 is 0 Å². The summed E-state index contributed by atoms with van der Waals surface area (Å²) in [7, 11) is -4.78. The van der Waals surface area contributed by atoms with Gasteiger partial charge in [-0.15, -0.1) is 0 Å². The van der Waals surface area contributed by atoms with E-state index in [2.05, 4.69) is 4.62 Å². The third-order valence-corrected chi connectivity index (χ3v) is 1.39. The number of aliphatic carboxylic acids is 1. The topological polar surface area (TPSA) is 136 Å². The van der Waals surface area contributed by atoms with Crippen LogP contribution in [0.25, 0.3) is 0 Å². The molecule has 8 nitrogen and oxygen atoms in total. The number of aliphatic hydroxyl groups excluding tert-OH is 1. The number of hydrogen-bond donors (Lipinski definition) is 5. The van der Waals surface area contributed by atoms with Crippen LogP contribution in [-0.2, 0) is 14.0 Å². The van der Waals surface area contributed by atoms with Gasteiger partial charge in [0.1, 0.15) is 0 Å². The number of carboxylic acids is 1. The van der Waals surface area contributed by atoms with Crippen molar-refractivity contribution in [2.75, 3.05) is 0 Å². The molecule has 0 aromatic rings. The van der Waals surface area contributed by atoms with Crippen molar-refractivity contribution in [1.82, 2.24) is 5.48 Å². The summed E-state index contributed by atoms with van der Waals surface area (Å²) in [6.07, 6.45) is -1.34. The Hall–Kier alpha value is -0.500. The molecule has 0 saturated carbocycles. The number of nitrogens with one attached hydrogen (secondary N) is 1. The average molecular weight is 215 g/mol. The van der Waals surface area contributed by atoms with Gasteiger partial charge in [-0.1, -0.05) is 0 Å². The third kappa shape index (κ3) is 5.69. The van der Waals surface area contributed by atoms with Gasteiger partial charge in [-0.2, -0.15) is 10.1 Å². The van der Waals surface area contributed by atoms with E-state index in [9.17, 15) is 9.36 Å². The molecule has 0 fully saturated rings. The zero-order valence-electron chi connectivity index (χ0n) is 6.62. The lowest BCUT2D eigenvalue weighted by Crippen LogP contribution is -2.44. The first kappa shape index (κ1) is 12.5. The second kappa shape index (κ2) is 4.66. The molecule has 0 amide bonds. The highest BCUT2D eigenvalue weighted by molar-refractivity contribution is 7.46. The molecule has 0 aliphatic carbocycles. The van der Waals surface area contributed by atoms with Crippen LogP contribution >= 0.6 is 7.82 Å². The number of phosphoric acid groups is 1. The first-order valence-corrected chi connectivity index (χ1v) is 4.67. The summed E-state index contributed by atoms with van der Waals surface area (Å²) < 4.78 is 13.8. The molecular weight excluding hydrogens is 205 g/mol. The Morgan fingerprint density at radius 1 is 1.54 bits per heavy atom. The number of rotatable bonds is 5. The molecule has 0 aromatic carbocycles. The minimum atomic E-state index is -4.78. The molecule has 0 spiro atoms. The molecule has 0 radical (unpaired) electrons. The van der Waals surface area contributed by atoms with Crippen molar-refractivity contribution in [2.24, 2.45) is 0 Å². The molecular formula is C4H10NO7P. The van der Waals surface area contributed by atoms with Crippen LogP contribution in [0.5, 0.6) is 0 Å². The minimum Gasteiger partial charge on any atom is -0.480 e. The summed E-state index contributed by atoms with van der Waals surface area (Å²) in [5, 5.41) is 17.2. The second-order valence-corrected chi connectivity index (χ2v) is 3.42. The van der Waals surface area contributed by atoms with Crippen molar-refractivity contribution in [1.29, 1.82) is 0 Å². The van der Waals surface area contributed by atoms with Gasteiger partial charge in [0, 0.05) is 0 Å². The third-order valence-electron chi connectivity index (χ3n) is 1.05. The minimum absolute atomic E-state index is 1.13. The molecule has 2 atom stereocenters. The fourth-order valence-corrected chi connectivity index (χ4v) is 0.732. The maximum Gasteiger partial charge on any atom is 0.486 e. The van der Waals surface area contributed by atoms with E-state index in [4.69, 9.17) is 20.0 Å². The standard InChI is InChI=1S/C4H10NO7P/c1-2(6)3(4(7)8)5-12-13(9,10)11/h2-3,5-6H,1H3,(H,7,8)(H2,9,10,11)/t2-,3+/m1/s1. The Morgan fingerprint density at radius 2 is 2.00 bits per heavy atom. The monoisotopic (exact) mass is 215 g/mol. The maximum absolute atomic E-state index is 10.3. The summed E-state index contributed by atoms with van der Waals surface area (Å²) in [4.78, 5) is 26.7. The van der Waals surface area contributed by atoms with Crippen LogP contribution in [0.2, 0.25) is 0 Å². The lowest BCUT2D eigenvalue weighted by molar-refractivity contribution is -0.145. The Balaban J connectivity index is 4.14. The van der Waals surface area contributed by atoms with E-state index in [0.717, 1.165) is 6.92 Å². The fourth-order valence-electron chi connectivity index (χ4n) is 0.481. The number of hydrogen-bond acceptors (Lipinski definition) is 5. The van der Waals surface area contributed by atoms with Gasteiger partial charge in [-0.3, -0.25) is 4.79 Å². The van der Waals surface area contributed by atoms with Gasteiger partial charge in [0.15, 0.2) is 6.04 Å². The molecule has 78 valence electrons. The van der Waals surface area contributed by atoms with Crippen molar-refractivity contribution in [3.8, 4) is 0 Å². The van der Waals surface area contributed by atoms with Crippen LogP contribution in [0.1, 0.15) is 6.92 Å². The highest BCUT2D eigenvalue weighted by Gasteiger charge is 2.26. The maximum atomic E-state index is 10.3. The smallest absolute Gasteiger partial charge is 0.480 e. The molecule has 0 saturated heterocycles. The van der Waals surface area contributed by atoms with E-state index < -0.39 is 25.9 Å². The van der Waals surface area contributed by atoms with Gasteiger partial charge >= 0.3 is 13.8 Å². The lowest BCUT2D eigenvalue weighted by atomic mass is 10.2. The van der Waals surface area contributed by atoms with Crippen molar-refractivity contribution >= 4 is 13.8 Å². The molecule has 0 unspecified atom stereocenters. The zero-order valence-corrected chi connectivity index (χ0v) is 7.51. The van der Waals surface area contributed by atoms with Gasteiger partial charge in [0.05, 0.1) is 6.10 Å². The van der Waals surface area contributed by atoms with Gasteiger partial charge < -0.3 is 20.0 Å². The van der Waals surface area contributed by atoms with Crippen molar-refractivity contribution in [3.63, 3.8) is 0 Å². The van der Waals surface area contributed by atoms with Crippen LogP contribution in [0.15, 0.2) is 0 Å². The van der Waals surface area contributed by atoms with Gasteiger partial charge in [-0.25, -0.2) is 4.57 Å². The van der Waals surface area contributed by atoms with Crippen molar-refractivity contribution in [2.45, 2.75) is 19.1 Å². The molecule has 5 N–H and O–H groups in total. The molecule has 0 bridgehead atoms. The molecule has 0 aliphatic heterocycles. The molecule has 0 rings (SSSR count). The van der Waals surface area contributed by atoms with Gasteiger partial charge in [-0.05, 0) is 6.92 Å². The Bertz CT molecular complexity index is 223. The van der Waals surface area contributed by atoms with Crippen LogP contribution in [0.4, 0.5) is 0 Å². The van der Waals surface area contributed by atoms with E-state index in [-0.39, 0.29) is 0 Å². The largest absolute Gasteiger partial charge is 0.486 e. The summed E-state index contributed by atoms with van der Waals surface area (Å²) in [6, 6.07) is -1.59. The predicted molar refractivity (Wildman–Crippen MR) is 39.4 cm³/mol. The van der Waals surface area contributed by atoms with Crippen LogP contribution < -0.4 is 5.48 Å². The number of hydroxylamine groups is 1. The van der Waals surface area contributed by atoms with Gasteiger partial charge in [0.2, 0.25) is 0 Å². The number of carbonyl (C=O) groups is 1. The van der Waals surface area contributed by atoms with Crippen LogP contribution in [0, 0.1) is 0 Å². The molecule has 0 heterocycles. The van der Waals surface area contributed by atoms with E-state index in [1.807, 2.05) is 0 Å². The van der Waals surface area contributed by atoms with Crippen LogP contribution in [-0.4, -0.2) is 38.1 Å². The van der Waals surface area contributed by atoms with E-state index in [0.29, 0.717) is 0 Å². The van der Waals surface area contributed by atoms with Crippen LogP contribution in [0.3, 0.4) is 0 Å². The van der Waals surface area contributed by atoms with Crippen molar-refractivity contribution in [3.05, 3.63) is 0 Å².